The molecule has 0 aromatic rings. The smallest absolute Gasteiger partial charge is 0.00103 e. The largest absolute Gasteiger partial charge is 0.316 e. The van der Waals surface area contributed by atoms with Crippen molar-refractivity contribution in [2.45, 2.75) is 51.9 Å². The highest BCUT2D eigenvalue weighted by Crippen LogP contribution is 2.53. The lowest BCUT2D eigenvalue weighted by molar-refractivity contribution is 0.150. The molecule has 2 aliphatic carbocycles. The summed E-state index contributed by atoms with van der Waals surface area (Å²) in [4.78, 5) is 0. The van der Waals surface area contributed by atoms with E-state index < -0.39 is 0 Å². The molecule has 0 bridgehead atoms. The molecule has 1 N–H and O–H groups in total. The van der Waals surface area contributed by atoms with Gasteiger partial charge in [-0.05, 0) is 43.6 Å². The van der Waals surface area contributed by atoms with Gasteiger partial charge in [-0.15, -0.1) is 0 Å². The van der Waals surface area contributed by atoms with Gasteiger partial charge in [0.25, 0.3) is 0 Å². The predicted octanol–water partition coefficient (Wildman–Crippen LogP) is 2.96. The Balaban J connectivity index is 1.92. The summed E-state index contributed by atoms with van der Waals surface area (Å²) in [5.41, 5.74) is 0.730. The van der Waals surface area contributed by atoms with Crippen LogP contribution in [0.5, 0.6) is 0 Å². The molecule has 0 unspecified atom stereocenters. The van der Waals surface area contributed by atoms with Crippen LogP contribution in [0.15, 0.2) is 0 Å². The number of nitrogens with one attached hydrogen (secondary N) is 1. The Morgan fingerprint density at radius 1 is 1.15 bits per heavy atom. The van der Waals surface area contributed by atoms with Gasteiger partial charge < -0.3 is 5.32 Å². The van der Waals surface area contributed by atoms with Crippen LogP contribution in [-0.4, -0.2) is 13.1 Å². The van der Waals surface area contributed by atoms with Crippen molar-refractivity contribution in [1.82, 2.24) is 5.32 Å². The number of hydrogen-bond acceptors (Lipinski definition) is 1. The van der Waals surface area contributed by atoms with Gasteiger partial charge in [0.2, 0.25) is 0 Å². The van der Waals surface area contributed by atoms with Crippen molar-refractivity contribution >= 4 is 0 Å². The van der Waals surface area contributed by atoms with E-state index in [9.17, 15) is 0 Å². The van der Waals surface area contributed by atoms with E-state index in [1.54, 1.807) is 0 Å². The lowest BCUT2D eigenvalue weighted by Crippen LogP contribution is -2.37. The maximum Gasteiger partial charge on any atom is 0.00103 e. The first-order valence-corrected chi connectivity index (χ1v) is 6.08. The molecule has 2 fully saturated rings. The quantitative estimate of drug-likeness (QED) is 0.703. The highest BCUT2D eigenvalue weighted by molar-refractivity contribution is 4.96. The molecule has 76 valence electrons. The molecule has 13 heavy (non-hydrogen) atoms. The zero-order valence-electron chi connectivity index (χ0n) is 8.94. The maximum atomic E-state index is 3.58. The summed E-state index contributed by atoms with van der Waals surface area (Å²) in [6.07, 6.45) is 10.5. The molecule has 0 aromatic carbocycles. The van der Waals surface area contributed by atoms with E-state index in [2.05, 4.69) is 12.2 Å². The van der Waals surface area contributed by atoms with E-state index in [1.807, 2.05) is 0 Å². The third kappa shape index (κ3) is 2.07. The Hall–Kier alpha value is -0.0400. The lowest BCUT2D eigenvalue weighted by Gasteiger charge is -2.38. The molecule has 2 saturated carbocycles. The third-order valence-electron chi connectivity index (χ3n) is 4.02. The second-order valence-electron chi connectivity index (χ2n) is 4.98. The molecule has 0 aromatic heterocycles. The monoisotopic (exact) mass is 181 g/mol. The highest BCUT2D eigenvalue weighted by atomic mass is 14.9. The summed E-state index contributed by atoms with van der Waals surface area (Å²) < 4.78 is 0. The summed E-state index contributed by atoms with van der Waals surface area (Å²) in [5, 5.41) is 3.58. The standard InChI is InChI=1S/C12H23N/c1-2-13-10-12(11-6-7-11)8-4-3-5-9-12/h11,13H,2-10H2,1H3. The van der Waals surface area contributed by atoms with Crippen LogP contribution in [0.4, 0.5) is 0 Å². The third-order valence-corrected chi connectivity index (χ3v) is 4.02. The molecule has 2 rings (SSSR count). The fourth-order valence-electron chi connectivity index (χ4n) is 3.05. The Morgan fingerprint density at radius 3 is 2.38 bits per heavy atom. The van der Waals surface area contributed by atoms with Crippen LogP contribution in [0.2, 0.25) is 0 Å². The van der Waals surface area contributed by atoms with E-state index in [-0.39, 0.29) is 0 Å². The van der Waals surface area contributed by atoms with Crippen LogP contribution in [0, 0.1) is 11.3 Å². The van der Waals surface area contributed by atoms with Gasteiger partial charge >= 0.3 is 0 Å². The molecule has 0 saturated heterocycles. The van der Waals surface area contributed by atoms with E-state index >= 15 is 0 Å². The van der Waals surface area contributed by atoms with Crippen LogP contribution in [-0.2, 0) is 0 Å². The van der Waals surface area contributed by atoms with Crippen molar-refractivity contribution in [2.24, 2.45) is 11.3 Å². The Morgan fingerprint density at radius 2 is 1.85 bits per heavy atom. The molecule has 2 aliphatic rings. The SMILES string of the molecule is CCNCC1(C2CC2)CCCCC1. The van der Waals surface area contributed by atoms with Gasteiger partial charge in [-0.1, -0.05) is 26.2 Å². The van der Waals surface area contributed by atoms with Crippen LogP contribution in [0.1, 0.15) is 51.9 Å². The van der Waals surface area contributed by atoms with E-state index in [1.165, 1.54) is 51.5 Å². The average molecular weight is 181 g/mol. The zero-order chi connectivity index (χ0) is 9.15. The van der Waals surface area contributed by atoms with Gasteiger partial charge in [0.05, 0.1) is 0 Å². The fourth-order valence-corrected chi connectivity index (χ4v) is 3.05. The average Bonchev–Trinajstić information content (AvgIpc) is 3.00. The van der Waals surface area contributed by atoms with Crippen LogP contribution in [0.3, 0.4) is 0 Å². The Labute approximate surface area is 82.3 Å². The van der Waals surface area contributed by atoms with Crippen molar-refractivity contribution in [2.75, 3.05) is 13.1 Å². The molecule has 0 spiro atoms. The summed E-state index contributed by atoms with van der Waals surface area (Å²) in [6, 6.07) is 0. The minimum atomic E-state index is 0.730. The van der Waals surface area contributed by atoms with Crippen molar-refractivity contribution in [3.63, 3.8) is 0 Å². The maximum absolute atomic E-state index is 3.58. The zero-order valence-corrected chi connectivity index (χ0v) is 8.94. The second kappa shape index (κ2) is 4.00. The molecule has 0 heterocycles. The fraction of sp³-hybridized carbons (Fsp3) is 1.00. The summed E-state index contributed by atoms with van der Waals surface area (Å²) in [6.45, 7) is 4.67. The van der Waals surface area contributed by atoms with Gasteiger partial charge in [0.1, 0.15) is 0 Å². The van der Waals surface area contributed by atoms with Crippen LogP contribution in [0.25, 0.3) is 0 Å². The summed E-state index contributed by atoms with van der Waals surface area (Å²) >= 11 is 0. The Bertz CT molecular complexity index is 155. The molecule has 1 heteroatoms. The molecule has 0 atom stereocenters. The van der Waals surface area contributed by atoms with Crippen molar-refractivity contribution in [3.05, 3.63) is 0 Å². The number of hydrogen-bond donors (Lipinski definition) is 1. The van der Waals surface area contributed by atoms with Gasteiger partial charge in [-0.3, -0.25) is 0 Å². The first-order valence-electron chi connectivity index (χ1n) is 6.08. The molecule has 0 radical (unpaired) electrons. The predicted molar refractivity (Wildman–Crippen MR) is 56.8 cm³/mol. The van der Waals surface area contributed by atoms with Gasteiger partial charge in [-0.25, -0.2) is 0 Å². The molecule has 0 amide bonds. The van der Waals surface area contributed by atoms with E-state index in [4.69, 9.17) is 0 Å². The minimum absolute atomic E-state index is 0.730. The van der Waals surface area contributed by atoms with E-state index in [0.717, 1.165) is 17.9 Å². The van der Waals surface area contributed by atoms with Gasteiger partial charge in [0.15, 0.2) is 0 Å². The summed E-state index contributed by atoms with van der Waals surface area (Å²) in [7, 11) is 0. The van der Waals surface area contributed by atoms with Gasteiger partial charge in [-0.2, -0.15) is 0 Å². The molecular formula is C12H23N. The van der Waals surface area contributed by atoms with Crippen molar-refractivity contribution in [1.29, 1.82) is 0 Å². The highest BCUT2D eigenvalue weighted by Gasteiger charge is 2.44. The molecule has 1 nitrogen and oxygen atoms in total. The summed E-state index contributed by atoms with van der Waals surface area (Å²) in [5.74, 6) is 1.09. The lowest BCUT2D eigenvalue weighted by atomic mass is 9.70. The van der Waals surface area contributed by atoms with Gasteiger partial charge in [0, 0.05) is 6.54 Å². The minimum Gasteiger partial charge on any atom is -0.316 e. The first kappa shape index (κ1) is 9.51. The topological polar surface area (TPSA) is 12.0 Å². The van der Waals surface area contributed by atoms with Crippen LogP contribution >= 0.6 is 0 Å². The molecule has 0 aliphatic heterocycles. The normalized spacial score (nSPS) is 27.5. The number of rotatable bonds is 4. The first-order chi connectivity index (χ1) is 6.37. The second-order valence-corrected chi connectivity index (χ2v) is 4.98. The Kier molecular flexibility index (Phi) is 2.92. The van der Waals surface area contributed by atoms with Crippen molar-refractivity contribution in [3.8, 4) is 0 Å². The van der Waals surface area contributed by atoms with E-state index in [0.29, 0.717) is 0 Å². The molecular weight excluding hydrogens is 158 g/mol. The van der Waals surface area contributed by atoms with Crippen LogP contribution < -0.4 is 5.32 Å². The van der Waals surface area contributed by atoms with Crippen molar-refractivity contribution < 1.29 is 0 Å².